The van der Waals surface area contributed by atoms with Crippen molar-refractivity contribution in [2.75, 3.05) is 19.7 Å². The molecular formula is C12H18N2O2. The molecule has 88 valence electrons. The molecule has 4 heteroatoms. The van der Waals surface area contributed by atoms with E-state index in [1.165, 1.54) is 0 Å². The van der Waals surface area contributed by atoms with Gasteiger partial charge >= 0.3 is 0 Å². The third kappa shape index (κ3) is 3.90. The van der Waals surface area contributed by atoms with Crippen LogP contribution in [0.1, 0.15) is 23.7 Å². The predicted octanol–water partition coefficient (Wildman–Crippen LogP) is 1.16. The van der Waals surface area contributed by atoms with Crippen LogP contribution in [0, 0.1) is 0 Å². The average Bonchev–Trinajstić information content (AvgIpc) is 2.30. The zero-order valence-electron chi connectivity index (χ0n) is 9.53. The second-order valence-corrected chi connectivity index (χ2v) is 3.38. The van der Waals surface area contributed by atoms with Gasteiger partial charge < -0.3 is 15.8 Å². The molecule has 0 fully saturated rings. The fourth-order valence-corrected chi connectivity index (χ4v) is 1.26. The molecule has 0 aliphatic rings. The van der Waals surface area contributed by atoms with E-state index in [1.54, 1.807) is 12.1 Å². The van der Waals surface area contributed by atoms with E-state index in [-0.39, 0.29) is 5.91 Å². The second kappa shape index (κ2) is 6.85. The summed E-state index contributed by atoms with van der Waals surface area (Å²) < 4.78 is 5.46. The molecule has 0 radical (unpaired) electrons. The van der Waals surface area contributed by atoms with E-state index in [9.17, 15) is 4.79 Å². The molecule has 16 heavy (non-hydrogen) atoms. The number of amides is 1. The summed E-state index contributed by atoms with van der Waals surface area (Å²) in [5.74, 6) is 0.629. The molecule has 0 aliphatic carbocycles. The number of hydrogen-bond acceptors (Lipinski definition) is 3. The topological polar surface area (TPSA) is 64.3 Å². The van der Waals surface area contributed by atoms with Crippen LogP contribution in [0.25, 0.3) is 0 Å². The molecule has 0 saturated heterocycles. The summed E-state index contributed by atoms with van der Waals surface area (Å²) in [4.78, 5) is 11.5. The van der Waals surface area contributed by atoms with Crippen LogP contribution in [-0.2, 0) is 0 Å². The van der Waals surface area contributed by atoms with Gasteiger partial charge in [0.2, 0.25) is 0 Å². The summed E-state index contributed by atoms with van der Waals surface area (Å²) in [5, 5.41) is 2.74. The zero-order valence-corrected chi connectivity index (χ0v) is 9.53. The fraction of sp³-hybridized carbons (Fsp3) is 0.417. The highest BCUT2D eigenvalue weighted by Crippen LogP contribution is 2.13. The normalized spacial score (nSPS) is 9.88. The lowest BCUT2D eigenvalue weighted by Crippen LogP contribution is -2.22. The Morgan fingerprint density at radius 1 is 1.50 bits per heavy atom. The lowest BCUT2D eigenvalue weighted by Gasteiger charge is -2.07. The highest BCUT2D eigenvalue weighted by molar-refractivity contribution is 5.94. The fourth-order valence-electron chi connectivity index (χ4n) is 1.26. The van der Waals surface area contributed by atoms with Crippen molar-refractivity contribution in [2.45, 2.75) is 13.3 Å². The summed E-state index contributed by atoms with van der Waals surface area (Å²) in [5.41, 5.74) is 5.98. The first-order valence-electron chi connectivity index (χ1n) is 5.49. The lowest BCUT2D eigenvalue weighted by molar-refractivity contribution is 0.0955. The van der Waals surface area contributed by atoms with Gasteiger partial charge in [-0.2, -0.15) is 0 Å². The van der Waals surface area contributed by atoms with E-state index in [1.807, 2.05) is 19.1 Å². The van der Waals surface area contributed by atoms with Gasteiger partial charge in [-0.1, -0.05) is 6.07 Å². The first kappa shape index (κ1) is 12.5. The van der Waals surface area contributed by atoms with E-state index >= 15 is 0 Å². The molecule has 1 aromatic carbocycles. The molecule has 0 bridgehead atoms. The Hall–Kier alpha value is -1.55. The molecule has 0 unspecified atom stereocenters. The molecule has 3 N–H and O–H groups in total. The van der Waals surface area contributed by atoms with Crippen LogP contribution in [-0.4, -0.2) is 25.6 Å². The number of benzene rings is 1. The van der Waals surface area contributed by atoms with Gasteiger partial charge in [-0.3, -0.25) is 4.79 Å². The highest BCUT2D eigenvalue weighted by Gasteiger charge is 2.04. The largest absolute Gasteiger partial charge is 0.494 e. The highest BCUT2D eigenvalue weighted by atomic mass is 16.5. The minimum Gasteiger partial charge on any atom is -0.494 e. The van der Waals surface area contributed by atoms with Crippen molar-refractivity contribution in [3.63, 3.8) is 0 Å². The van der Waals surface area contributed by atoms with Crippen LogP contribution in [0.15, 0.2) is 24.3 Å². The minimum atomic E-state index is -0.0771. The molecule has 4 nitrogen and oxygen atoms in total. The van der Waals surface area contributed by atoms with Crippen molar-refractivity contribution in [1.29, 1.82) is 0 Å². The Morgan fingerprint density at radius 3 is 3.00 bits per heavy atom. The van der Waals surface area contributed by atoms with E-state index in [4.69, 9.17) is 10.5 Å². The second-order valence-electron chi connectivity index (χ2n) is 3.38. The Balaban J connectivity index is 2.60. The summed E-state index contributed by atoms with van der Waals surface area (Å²) in [6.07, 6.45) is 0.811. The molecule has 0 heterocycles. The number of carbonyl (C=O) groups is 1. The predicted molar refractivity (Wildman–Crippen MR) is 63.6 cm³/mol. The van der Waals surface area contributed by atoms with Gasteiger partial charge in [-0.15, -0.1) is 0 Å². The number of nitrogens with one attached hydrogen (secondary N) is 1. The summed E-state index contributed by atoms with van der Waals surface area (Å²) in [6, 6.07) is 7.14. The standard InChI is InChI=1S/C12H18N2O2/c1-2-14-12(15)10-5-3-6-11(9-10)16-8-4-7-13/h3,5-6,9H,2,4,7-8,13H2,1H3,(H,14,15). The van der Waals surface area contributed by atoms with Gasteiger partial charge in [0.15, 0.2) is 0 Å². The quantitative estimate of drug-likeness (QED) is 0.710. The van der Waals surface area contributed by atoms with Crippen LogP contribution in [0.2, 0.25) is 0 Å². The van der Waals surface area contributed by atoms with Crippen LogP contribution >= 0.6 is 0 Å². The Kier molecular flexibility index (Phi) is 5.36. The Bertz CT molecular complexity index is 340. The molecule has 0 saturated carbocycles. The molecule has 1 aromatic rings. The Labute approximate surface area is 95.8 Å². The Morgan fingerprint density at radius 2 is 2.31 bits per heavy atom. The minimum absolute atomic E-state index is 0.0771. The number of hydrogen-bond donors (Lipinski definition) is 2. The maximum atomic E-state index is 11.5. The zero-order chi connectivity index (χ0) is 11.8. The maximum Gasteiger partial charge on any atom is 0.251 e. The van der Waals surface area contributed by atoms with Crippen LogP contribution in [0.5, 0.6) is 5.75 Å². The van der Waals surface area contributed by atoms with E-state index in [0.717, 1.165) is 6.42 Å². The van der Waals surface area contributed by atoms with Crippen molar-refractivity contribution in [1.82, 2.24) is 5.32 Å². The molecule has 0 aliphatic heterocycles. The summed E-state index contributed by atoms with van der Waals surface area (Å²) >= 11 is 0. The van der Waals surface area contributed by atoms with Gasteiger partial charge in [-0.05, 0) is 38.1 Å². The van der Waals surface area contributed by atoms with Gasteiger partial charge in [0, 0.05) is 12.1 Å². The lowest BCUT2D eigenvalue weighted by atomic mass is 10.2. The molecule has 1 amide bonds. The van der Waals surface area contributed by atoms with Gasteiger partial charge in [0.1, 0.15) is 5.75 Å². The number of nitrogens with two attached hydrogens (primary N) is 1. The van der Waals surface area contributed by atoms with Crippen molar-refractivity contribution in [2.24, 2.45) is 5.73 Å². The van der Waals surface area contributed by atoms with Crippen LogP contribution in [0.3, 0.4) is 0 Å². The number of ether oxygens (including phenoxy) is 1. The van der Waals surface area contributed by atoms with Crippen molar-refractivity contribution < 1.29 is 9.53 Å². The van der Waals surface area contributed by atoms with Crippen LogP contribution in [0.4, 0.5) is 0 Å². The van der Waals surface area contributed by atoms with Crippen LogP contribution < -0.4 is 15.8 Å². The van der Waals surface area contributed by atoms with Crippen molar-refractivity contribution >= 4 is 5.91 Å². The van der Waals surface area contributed by atoms with E-state index in [2.05, 4.69) is 5.32 Å². The summed E-state index contributed by atoms with van der Waals surface area (Å²) in [7, 11) is 0. The van der Waals surface area contributed by atoms with E-state index < -0.39 is 0 Å². The maximum absolute atomic E-state index is 11.5. The number of rotatable bonds is 6. The first-order chi connectivity index (χ1) is 7.77. The summed E-state index contributed by atoms with van der Waals surface area (Å²) in [6.45, 7) is 3.70. The van der Waals surface area contributed by atoms with Crippen molar-refractivity contribution in [3.05, 3.63) is 29.8 Å². The third-order valence-electron chi connectivity index (χ3n) is 2.05. The third-order valence-corrected chi connectivity index (χ3v) is 2.05. The van der Waals surface area contributed by atoms with E-state index in [0.29, 0.717) is 31.0 Å². The molecular weight excluding hydrogens is 204 g/mol. The first-order valence-corrected chi connectivity index (χ1v) is 5.49. The van der Waals surface area contributed by atoms with Crippen molar-refractivity contribution in [3.8, 4) is 5.75 Å². The SMILES string of the molecule is CCNC(=O)c1cccc(OCCCN)c1. The smallest absolute Gasteiger partial charge is 0.251 e. The molecule has 0 aromatic heterocycles. The molecule has 1 rings (SSSR count). The average molecular weight is 222 g/mol. The van der Waals surface area contributed by atoms with Gasteiger partial charge in [0.05, 0.1) is 6.61 Å². The molecule has 0 spiro atoms. The number of carbonyl (C=O) groups excluding carboxylic acids is 1. The molecule has 0 atom stereocenters. The monoisotopic (exact) mass is 222 g/mol. The van der Waals surface area contributed by atoms with Gasteiger partial charge in [-0.25, -0.2) is 0 Å². The van der Waals surface area contributed by atoms with Gasteiger partial charge in [0.25, 0.3) is 5.91 Å².